The second kappa shape index (κ2) is 11.6. The molecule has 0 aromatic carbocycles. The largest absolute Gasteiger partial charge is 0.506 e. The fourth-order valence-electron chi connectivity index (χ4n) is 4.45. The van der Waals surface area contributed by atoms with Gasteiger partial charge in [-0.15, -0.1) is 0 Å². The molecule has 9 nitrogen and oxygen atoms in total. The molecule has 3 aromatic heterocycles. The van der Waals surface area contributed by atoms with E-state index < -0.39 is 0 Å². The van der Waals surface area contributed by atoms with Crippen LogP contribution in [0.2, 0.25) is 0 Å². The summed E-state index contributed by atoms with van der Waals surface area (Å²) in [4.78, 5) is 20.5. The maximum atomic E-state index is 10.4. The van der Waals surface area contributed by atoms with Crippen LogP contribution in [0.1, 0.15) is 34.2 Å². The van der Waals surface area contributed by atoms with E-state index in [2.05, 4.69) is 29.7 Å². The first-order valence-electron chi connectivity index (χ1n) is 12.4. The van der Waals surface area contributed by atoms with Crippen LogP contribution in [0.3, 0.4) is 0 Å². The predicted molar refractivity (Wildman–Crippen MR) is 138 cm³/mol. The van der Waals surface area contributed by atoms with Gasteiger partial charge < -0.3 is 15.3 Å². The lowest BCUT2D eigenvalue weighted by molar-refractivity contribution is 0.204. The highest BCUT2D eigenvalue weighted by Gasteiger charge is 2.21. The standard InChI is InChI=1S/C27H36N6O3/c1-19-4-7-25(34)22(28-19)16-31-10-12-32(17-23-26(35)8-5-20(2)29-23)14-15-33(13-11-31)18-24-27(36)9-6-21(3)30-24/h4-9,34-36H,10-18H2,1-3H3. The van der Waals surface area contributed by atoms with E-state index in [-0.39, 0.29) is 17.2 Å². The molecule has 1 saturated heterocycles. The van der Waals surface area contributed by atoms with Crippen molar-refractivity contribution in [3.8, 4) is 17.2 Å². The van der Waals surface area contributed by atoms with Crippen molar-refractivity contribution in [3.05, 3.63) is 70.6 Å². The van der Waals surface area contributed by atoms with E-state index in [0.717, 1.165) is 56.4 Å². The SMILES string of the molecule is Cc1ccc(O)c(CN2CCN(Cc3nc(C)ccc3O)CCN(Cc3nc(C)ccc3O)CC2)n1. The van der Waals surface area contributed by atoms with Crippen LogP contribution in [0.25, 0.3) is 0 Å². The average Bonchev–Trinajstić information content (AvgIpc) is 2.93. The summed E-state index contributed by atoms with van der Waals surface area (Å²) in [5.41, 5.74) is 4.63. The van der Waals surface area contributed by atoms with Crippen molar-refractivity contribution in [2.24, 2.45) is 0 Å². The first kappa shape index (κ1) is 25.8. The zero-order valence-electron chi connectivity index (χ0n) is 21.4. The molecule has 0 aliphatic carbocycles. The number of aromatic hydroxyl groups is 3. The molecule has 192 valence electrons. The molecule has 36 heavy (non-hydrogen) atoms. The normalized spacial score (nSPS) is 16.4. The Morgan fingerprint density at radius 1 is 0.500 bits per heavy atom. The Kier molecular flexibility index (Phi) is 8.35. The van der Waals surface area contributed by atoms with Crippen LogP contribution in [0, 0.1) is 20.8 Å². The lowest BCUT2D eigenvalue weighted by Gasteiger charge is -2.25. The molecule has 3 N–H and O–H groups in total. The van der Waals surface area contributed by atoms with E-state index in [9.17, 15) is 15.3 Å². The van der Waals surface area contributed by atoms with Crippen molar-refractivity contribution < 1.29 is 15.3 Å². The molecule has 0 amide bonds. The summed E-state index contributed by atoms with van der Waals surface area (Å²) < 4.78 is 0. The summed E-state index contributed by atoms with van der Waals surface area (Å²) in [5, 5.41) is 31.1. The molecule has 0 bridgehead atoms. The zero-order valence-corrected chi connectivity index (χ0v) is 21.4. The lowest BCUT2D eigenvalue weighted by atomic mass is 10.2. The van der Waals surface area contributed by atoms with Gasteiger partial charge in [0.15, 0.2) is 0 Å². The van der Waals surface area contributed by atoms with E-state index in [4.69, 9.17) is 0 Å². The average molecular weight is 493 g/mol. The first-order valence-corrected chi connectivity index (χ1v) is 12.4. The summed E-state index contributed by atoms with van der Waals surface area (Å²) in [5.74, 6) is 0.617. The second-order valence-electron chi connectivity index (χ2n) is 9.58. The minimum Gasteiger partial charge on any atom is -0.506 e. The predicted octanol–water partition coefficient (Wildman–Crippen LogP) is 2.73. The number of pyridine rings is 3. The fraction of sp³-hybridized carbons (Fsp3) is 0.444. The van der Waals surface area contributed by atoms with Gasteiger partial charge in [0.05, 0.1) is 17.1 Å². The highest BCUT2D eigenvalue weighted by atomic mass is 16.3. The molecule has 3 aromatic rings. The molecule has 0 unspecified atom stereocenters. The zero-order chi connectivity index (χ0) is 25.7. The van der Waals surface area contributed by atoms with Gasteiger partial charge in [-0.1, -0.05) is 0 Å². The van der Waals surface area contributed by atoms with Crippen LogP contribution >= 0.6 is 0 Å². The summed E-state index contributed by atoms with van der Waals surface area (Å²) in [6.07, 6.45) is 0. The van der Waals surface area contributed by atoms with Gasteiger partial charge >= 0.3 is 0 Å². The smallest absolute Gasteiger partial charge is 0.138 e. The molecule has 1 aliphatic rings. The molecule has 0 spiro atoms. The quantitative estimate of drug-likeness (QED) is 0.478. The molecule has 1 aliphatic heterocycles. The Balaban J connectivity index is 1.54. The van der Waals surface area contributed by atoms with Gasteiger partial charge in [-0.3, -0.25) is 29.7 Å². The van der Waals surface area contributed by atoms with Gasteiger partial charge in [0.1, 0.15) is 17.2 Å². The third-order valence-corrected chi connectivity index (χ3v) is 6.59. The van der Waals surface area contributed by atoms with Gasteiger partial charge in [0, 0.05) is 76.0 Å². The molecule has 4 heterocycles. The van der Waals surface area contributed by atoms with Gasteiger partial charge in [-0.05, 0) is 57.2 Å². The van der Waals surface area contributed by atoms with Crippen molar-refractivity contribution in [2.45, 2.75) is 40.4 Å². The Morgan fingerprint density at radius 2 is 0.750 bits per heavy atom. The van der Waals surface area contributed by atoms with Gasteiger partial charge in [-0.25, -0.2) is 0 Å². The van der Waals surface area contributed by atoms with Crippen LogP contribution in [0.5, 0.6) is 17.2 Å². The first-order chi connectivity index (χ1) is 17.3. The fourth-order valence-corrected chi connectivity index (χ4v) is 4.45. The van der Waals surface area contributed by atoms with Gasteiger partial charge in [0.2, 0.25) is 0 Å². The third kappa shape index (κ3) is 6.90. The minimum atomic E-state index is 0.206. The molecule has 1 fully saturated rings. The monoisotopic (exact) mass is 492 g/mol. The van der Waals surface area contributed by atoms with Crippen molar-refractivity contribution in [1.82, 2.24) is 29.7 Å². The van der Waals surface area contributed by atoms with Crippen molar-refractivity contribution in [1.29, 1.82) is 0 Å². The molecule has 0 radical (unpaired) electrons. The number of aryl methyl sites for hydroxylation is 3. The third-order valence-electron chi connectivity index (χ3n) is 6.59. The van der Waals surface area contributed by atoms with Crippen LogP contribution < -0.4 is 0 Å². The maximum absolute atomic E-state index is 10.4. The van der Waals surface area contributed by atoms with E-state index in [1.165, 1.54) is 0 Å². The summed E-state index contributed by atoms with van der Waals surface area (Å²) in [6.45, 7) is 12.1. The topological polar surface area (TPSA) is 109 Å². The van der Waals surface area contributed by atoms with Crippen LogP contribution in [0.15, 0.2) is 36.4 Å². The van der Waals surface area contributed by atoms with Crippen molar-refractivity contribution in [3.63, 3.8) is 0 Å². The second-order valence-corrected chi connectivity index (χ2v) is 9.58. The highest BCUT2D eigenvalue weighted by Crippen LogP contribution is 2.21. The molecule has 9 heteroatoms. The van der Waals surface area contributed by atoms with E-state index >= 15 is 0 Å². The number of rotatable bonds is 6. The molecule has 0 atom stereocenters. The molecular weight excluding hydrogens is 456 g/mol. The Morgan fingerprint density at radius 3 is 1.00 bits per heavy atom. The van der Waals surface area contributed by atoms with Crippen molar-refractivity contribution in [2.75, 3.05) is 39.3 Å². The number of aromatic nitrogens is 3. The van der Waals surface area contributed by atoms with E-state index in [1.807, 2.05) is 39.0 Å². The Hall–Kier alpha value is -3.27. The van der Waals surface area contributed by atoms with E-state index in [0.29, 0.717) is 36.7 Å². The number of hydrogen-bond acceptors (Lipinski definition) is 9. The van der Waals surface area contributed by atoms with Crippen molar-refractivity contribution >= 4 is 0 Å². The molecule has 4 rings (SSSR count). The summed E-state index contributed by atoms with van der Waals surface area (Å²) in [6, 6.07) is 10.5. The molecule has 0 saturated carbocycles. The summed E-state index contributed by atoms with van der Waals surface area (Å²) in [7, 11) is 0. The number of hydrogen-bond donors (Lipinski definition) is 3. The molecular formula is C27H36N6O3. The van der Waals surface area contributed by atoms with Gasteiger partial charge in [0.25, 0.3) is 0 Å². The summed E-state index contributed by atoms with van der Waals surface area (Å²) >= 11 is 0. The van der Waals surface area contributed by atoms with E-state index in [1.54, 1.807) is 18.2 Å². The van der Waals surface area contributed by atoms with Gasteiger partial charge in [-0.2, -0.15) is 0 Å². The lowest BCUT2D eigenvalue weighted by Crippen LogP contribution is -2.35. The van der Waals surface area contributed by atoms with Crippen LogP contribution in [-0.2, 0) is 19.6 Å². The Bertz CT molecular complexity index is 1030. The number of nitrogens with zero attached hydrogens (tertiary/aromatic N) is 6. The Labute approximate surface area is 212 Å². The van der Waals surface area contributed by atoms with Crippen LogP contribution in [0.4, 0.5) is 0 Å². The minimum absolute atomic E-state index is 0.206. The van der Waals surface area contributed by atoms with Crippen LogP contribution in [-0.4, -0.2) is 84.2 Å². The maximum Gasteiger partial charge on any atom is 0.138 e. The highest BCUT2D eigenvalue weighted by molar-refractivity contribution is 5.29.